The predicted octanol–water partition coefficient (Wildman–Crippen LogP) is 1.70. The second-order valence-electron chi connectivity index (χ2n) is 3.44. The zero-order valence-corrected chi connectivity index (χ0v) is 10.7. The third kappa shape index (κ3) is 4.81. The van der Waals surface area contributed by atoms with Gasteiger partial charge in [-0.2, -0.15) is 16.9 Å². The molecule has 0 saturated carbocycles. The second-order valence-corrected chi connectivity index (χ2v) is 4.59. The summed E-state index contributed by atoms with van der Waals surface area (Å²) in [5, 5.41) is 7.55. The van der Waals surface area contributed by atoms with E-state index >= 15 is 0 Å². The summed E-state index contributed by atoms with van der Waals surface area (Å²) in [5.41, 5.74) is 0. The molecule has 1 aromatic heterocycles. The van der Waals surface area contributed by atoms with Gasteiger partial charge in [0.15, 0.2) is 0 Å². The van der Waals surface area contributed by atoms with Crippen molar-refractivity contribution in [2.75, 3.05) is 18.1 Å². The Hall–Kier alpha value is -0.810. The van der Waals surface area contributed by atoms with Crippen LogP contribution in [0.2, 0.25) is 0 Å². The van der Waals surface area contributed by atoms with E-state index in [2.05, 4.69) is 28.9 Å². The van der Waals surface area contributed by atoms with Gasteiger partial charge in [0, 0.05) is 24.6 Å². The Morgan fingerprint density at radius 1 is 1.62 bits per heavy atom. The molecule has 0 radical (unpaired) electrons. The van der Waals surface area contributed by atoms with Crippen LogP contribution in [0.25, 0.3) is 0 Å². The molecule has 5 heteroatoms. The lowest BCUT2D eigenvalue weighted by atomic mass is 10.4. The van der Waals surface area contributed by atoms with Gasteiger partial charge in [-0.3, -0.25) is 0 Å². The molecule has 1 N–H and O–H groups in total. The Labute approximate surface area is 102 Å². The lowest BCUT2D eigenvalue weighted by Crippen LogP contribution is -2.20. The van der Waals surface area contributed by atoms with Crippen molar-refractivity contribution in [2.24, 2.45) is 0 Å². The van der Waals surface area contributed by atoms with Crippen molar-refractivity contribution < 1.29 is 0 Å². The molecule has 0 spiro atoms. The largest absolute Gasteiger partial charge is 0.309 e. The highest BCUT2D eigenvalue weighted by molar-refractivity contribution is 7.99. The van der Waals surface area contributed by atoms with E-state index in [1.807, 2.05) is 22.5 Å². The first-order valence-corrected chi connectivity index (χ1v) is 6.80. The number of nitrogens with zero attached hydrogens (tertiary/aromatic N) is 3. The maximum absolute atomic E-state index is 4.24. The van der Waals surface area contributed by atoms with Gasteiger partial charge in [-0.15, -0.1) is 6.58 Å². The van der Waals surface area contributed by atoms with Crippen LogP contribution in [0, 0.1) is 0 Å². The lowest BCUT2D eigenvalue weighted by Gasteiger charge is -2.05. The van der Waals surface area contributed by atoms with Crippen molar-refractivity contribution in [3.63, 3.8) is 0 Å². The van der Waals surface area contributed by atoms with Gasteiger partial charge in [-0.05, 0) is 6.42 Å². The van der Waals surface area contributed by atoms with E-state index in [9.17, 15) is 0 Å². The quantitative estimate of drug-likeness (QED) is 0.527. The number of hydrogen-bond acceptors (Lipinski definition) is 4. The number of hydrogen-bond donors (Lipinski definition) is 1. The summed E-state index contributed by atoms with van der Waals surface area (Å²) in [5.74, 6) is 3.15. The lowest BCUT2D eigenvalue weighted by molar-refractivity contribution is 0.548. The van der Waals surface area contributed by atoms with Crippen LogP contribution >= 0.6 is 11.8 Å². The van der Waals surface area contributed by atoms with Crippen LogP contribution in [-0.4, -0.2) is 32.8 Å². The fourth-order valence-electron chi connectivity index (χ4n) is 1.33. The minimum atomic E-state index is 0.800. The maximum atomic E-state index is 4.24. The van der Waals surface area contributed by atoms with E-state index in [-0.39, 0.29) is 0 Å². The number of thioether (sulfide) groups is 1. The zero-order valence-electron chi connectivity index (χ0n) is 9.85. The van der Waals surface area contributed by atoms with Crippen LogP contribution in [-0.2, 0) is 13.1 Å². The first-order valence-electron chi connectivity index (χ1n) is 5.64. The number of nitrogens with one attached hydrogen (secondary N) is 1. The van der Waals surface area contributed by atoms with E-state index in [0.29, 0.717) is 0 Å². The Morgan fingerprint density at radius 2 is 2.50 bits per heavy atom. The van der Waals surface area contributed by atoms with Crippen LogP contribution in [0.3, 0.4) is 0 Å². The van der Waals surface area contributed by atoms with Gasteiger partial charge in [-0.25, -0.2) is 9.67 Å². The summed E-state index contributed by atoms with van der Waals surface area (Å²) in [4.78, 5) is 4.24. The summed E-state index contributed by atoms with van der Waals surface area (Å²) in [6.07, 6.45) is 4.65. The van der Waals surface area contributed by atoms with Gasteiger partial charge in [0.25, 0.3) is 0 Å². The first-order chi connectivity index (χ1) is 7.88. The molecule has 1 aromatic rings. The fourth-order valence-corrected chi connectivity index (χ4v) is 1.96. The smallest absolute Gasteiger partial charge is 0.140 e. The van der Waals surface area contributed by atoms with Gasteiger partial charge in [0.1, 0.15) is 12.2 Å². The fraction of sp³-hybridized carbons (Fsp3) is 0.636. The summed E-state index contributed by atoms with van der Waals surface area (Å²) in [6.45, 7) is 8.58. The van der Waals surface area contributed by atoms with Crippen LogP contribution in [0.15, 0.2) is 19.0 Å². The Balaban J connectivity index is 2.16. The van der Waals surface area contributed by atoms with Gasteiger partial charge in [0.05, 0.1) is 6.54 Å². The van der Waals surface area contributed by atoms with Gasteiger partial charge >= 0.3 is 0 Å². The number of aryl methyl sites for hydroxylation is 1. The summed E-state index contributed by atoms with van der Waals surface area (Å²) in [6, 6.07) is 0. The molecule has 0 aromatic carbocycles. The van der Waals surface area contributed by atoms with Crippen LogP contribution in [0.5, 0.6) is 0 Å². The summed E-state index contributed by atoms with van der Waals surface area (Å²) < 4.78 is 1.96. The SMILES string of the molecule is C=CCSCCNCc1ncnn1CCC. The topological polar surface area (TPSA) is 42.7 Å². The van der Waals surface area contributed by atoms with Crippen LogP contribution < -0.4 is 5.32 Å². The van der Waals surface area contributed by atoms with Gasteiger partial charge in [0.2, 0.25) is 0 Å². The van der Waals surface area contributed by atoms with E-state index in [4.69, 9.17) is 0 Å². The van der Waals surface area contributed by atoms with Crippen molar-refractivity contribution in [3.8, 4) is 0 Å². The monoisotopic (exact) mass is 240 g/mol. The normalized spacial score (nSPS) is 10.6. The molecule has 4 nitrogen and oxygen atoms in total. The number of rotatable bonds is 9. The van der Waals surface area contributed by atoms with Crippen LogP contribution in [0.4, 0.5) is 0 Å². The Morgan fingerprint density at radius 3 is 3.25 bits per heavy atom. The third-order valence-electron chi connectivity index (χ3n) is 2.07. The molecule has 90 valence electrons. The molecule has 1 heterocycles. The van der Waals surface area contributed by atoms with Gasteiger partial charge < -0.3 is 5.32 Å². The van der Waals surface area contributed by atoms with Crippen molar-refractivity contribution >= 4 is 11.8 Å². The molecule has 0 aliphatic rings. The molecule has 0 atom stereocenters. The van der Waals surface area contributed by atoms with Crippen molar-refractivity contribution in [1.82, 2.24) is 20.1 Å². The number of aromatic nitrogens is 3. The molecule has 0 amide bonds. The average Bonchev–Trinajstić information content (AvgIpc) is 2.72. The standard InChI is InChI=1S/C11H20N4S/c1-3-6-15-11(13-10-14-15)9-12-5-8-16-7-4-2/h4,10,12H,2-3,5-9H2,1H3. The van der Waals surface area contributed by atoms with Crippen molar-refractivity contribution in [3.05, 3.63) is 24.8 Å². The van der Waals surface area contributed by atoms with E-state index in [1.165, 1.54) is 0 Å². The second kappa shape index (κ2) is 8.35. The Kier molecular flexibility index (Phi) is 6.92. The van der Waals surface area contributed by atoms with Crippen molar-refractivity contribution in [2.45, 2.75) is 26.4 Å². The molecule has 0 saturated heterocycles. The highest BCUT2D eigenvalue weighted by Crippen LogP contribution is 1.98. The third-order valence-corrected chi connectivity index (χ3v) is 3.04. The van der Waals surface area contributed by atoms with E-state index < -0.39 is 0 Å². The van der Waals surface area contributed by atoms with Crippen molar-refractivity contribution in [1.29, 1.82) is 0 Å². The molecule has 0 bridgehead atoms. The molecule has 1 rings (SSSR count). The molecule has 0 unspecified atom stereocenters. The molecular formula is C11H20N4S. The van der Waals surface area contributed by atoms with E-state index in [1.54, 1.807) is 6.33 Å². The molecular weight excluding hydrogens is 220 g/mol. The zero-order chi connectivity index (χ0) is 11.6. The summed E-state index contributed by atoms with van der Waals surface area (Å²) >= 11 is 1.88. The highest BCUT2D eigenvalue weighted by Gasteiger charge is 2.01. The minimum Gasteiger partial charge on any atom is -0.309 e. The first kappa shape index (κ1) is 13.3. The summed E-state index contributed by atoms with van der Waals surface area (Å²) in [7, 11) is 0. The minimum absolute atomic E-state index is 0.800. The van der Waals surface area contributed by atoms with Crippen LogP contribution in [0.1, 0.15) is 19.2 Å². The molecule has 16 heavy (non-hydrogen) atoms. The molecule has 0 aliphatic heterocycles. The maximum Gasteiger partial charge on any atom is 0.140 e. The predicted molar refractivity (Wildman–Crippen MR) is 69.5 cm³/mol. The highest BCUT2D eigenvalue weighted by atomic mass is 32.2. The Bertz CT molecular complexity index is 298. The molecule has 0 aliphatic carbocycles. The average molecular weight is 240 g/mol. The van der Waals surface area contributed by atoms with E-state index in [0.717, 1.165) is 43.4 Å². The van der Waals surface area contributed by atoms with Gasteiger partial charge in [-0.1, -0.05) is 13.0 Å². The molecule has 0 fully saturated rings.